The molecule has 1 aliphatic rings. The highest BCUT2D eigenvalue weighted by Crippen LogP contribution is 2.23. The number of nitrogens with one attached hydrogen (secondary N) is 2. The van der Waals surface area contributed by atoms with Gasteiger partial charge in [-0.05, 0) is 50.8 Å². The van der Waals surface area contributed by atoms with Gasteiger partial charge in [0, 0.05) is 41.4 Å². The summed E-state index contributed by atoms with van der Waals surface area (Å²) in [6, 6.07) is 8.46. The third-order valence-corrected chi connectivity index (χ3v) is 6.32. The number of benzene rings is 1. The maximum Gasteiger partial charge on any atom is 0.191 e. The molecule has 27 heavy (non-hydrogen) atoms. The fourth-order valence-corrected chi connectivity index (χ4v) is 4.67. The second kappa shape index (κ2) is 12.6. The molecule has 2 rings (SSSR count). The third kappa shape index (κ3) is 8.37. The summed E-state index contributed by atoms with van der Waals surface area (Å²) in [7, 11) is 1.08. The van der Waals surface area contributed by atoms with Crippen LogP contribution in [0.15, 0.2) is 29.3 Å². The number of hydrogen-bond acceptors (Lipinski definition) is 3. The maximum absolute atomic E-state index is 12.1. The van der Waals surface area contributed by atoms with Crippen LogP contribution in [0, 0.1) is 0 Å². The number of aliphatic imine (C=N–C) groups is 1. The number of guanidine groups is 1. The van der Waals surface area contributed by atoms with Gasteiger partial charge >= 0.3 is 0 Å². The molecule has 5 nitrogen and oxygen atoms in total. The molecule has 3 atom stereocenters. The third-order valence-electron chi connectivity index (χ3n) is 4.58. The summed E-state index contributed by atoms with van der Waals surface area (Å²) in [5.41, 5.74) is 1.15. The van der Waals surface area contributed by atoms with Crippen LogP contribution in [0.5, 0.6) is 5.75 Å². The Morgan fingerprint density at radius 3 is 2.81 bits per heavy atom. The topological polar surface area (TPSA) is 62.7 Å². The van der Waals surface area contributed by atoms with Gasteiger partial charge in [0.15, 0.2) is 5.96 Å². The Morgan fingerprint density at radius 1 is 1.37 bits per heavy atom. The number of hydrogen-bond donors (Lipinski definition) is 2. The zero-order valence-electron chi connectivity index (χ0n) is 16.9. The minimum Gasteiger partial charge on any atom is -0.491 e. The van der Waals surface area contributed by atoms with Gasteiger partial charge in [0.1, 0.15) is 5.75 Å². The summed E-state index contributed by atoms with van der Waals surface area (Å²) in [4.78, 5) is 4.35. The first-order chi connectivity index (χ1) is 12.5. The Morgan fingerprint density at radius 2 is 2.15 bits per heavy atom. The van der Waals surface area contributed by atoms with E-state index in [2.05, 4.69) is 27.8 Å². The van der Waals surface area contributed by atoms with Gasteiger partial charge in [0.2, 0.25) is 0 Å². The van der Waals surface area contributed by atoms with Crippen molar-refractivity contribution in [2.75, 3.05) is 12.8 Å². The summed E-state index contributed by atoms with van der Waals surface area (Å²) in [6.07, 6.45) is 4.43. The van der Waals surface area contributed by atoms with Gasteiger partial charge in [-0.1, -0.05) is 25.5 Å². The van der Waals surface area contributed by atoms with Crippen molar-refractivity contribution in [3.8, 4) is 5.75 Å². The highest BCUT2D eigenvalue weighted by atomic mass is 127. The van der Waals surface area contributed by atoms with Gasteiger partial charge in [-0.15, -0.1) is 24.0 Å². The van der Waals surface area contributed by atoms with E-state index in [1.807, 2.05) is 32.9 Å². The van der Waals surface area contributed by atoms with Crippen LogP contribution in [-0.2, 0) is 17.3 Å². The van der Waals surface area contributed by atoms with Crippen molar-refractivity contribution in [2.24, 2.45) is 4.99 Å². The Bertz CT molecular complexity index is 625. The van der Waals surface area contributed by atoms with Gasteiger partial charge in [0.25, 0.3) is 0 Å². The lowest BCUT2D eigenvalue weighted by Crippen LogP contribution is -2.46. The van der Waals surface area contributed by atoms with Crippen LogP contribution in [0.4, 0.5) is 0 Å². The smallest absolute Gasteiger partial charge is 0.191 e. The quantitative estimate of drug-likeness (QED) is 0.335. The van der Waals surface area contributed by atoms with Crippen molar-refractivity contribution in [3.05, 3.63) is 29.8 Å². The molecule has 3 unspecified atom stereocenters. The van der Waals surface area contributed by atoms with Crippen LogP contribution in [0.2, 0.25) is 0 Å². The van der Waals surface area contributed by atoms with Crippen molar-refractivity contribution in [2.45, 2.75) is 70.4 Å². The summed E-state index contributed by atoms with van der Waals surface area (Å²) in [5.74, 6) is 2.44. The van der Waals surface area contributed by atoms with Crippen LogP contribution < -0.4 is 15.4 Å². The van der Waals surface area contributed by atoms with Gasteiger partial charge in [-0.3, -0.25) is 9.20 Å². The molecule has 0 saturated heterocycles. The predicted octanol–water partition coefficient (Wildman–Crippen LogP) is 3.84. The fraction of sp³-hybridized carbons (Fsp3) is 0.650. The molecule has 154 valence electrons. The molecule has 2 N–H and O–H groups in total. The van der Waals surface area contributed by atoms with E-state index >= 15 is 0 Å². The van der Waals surface area contributed by atoms with Gasteiger partial charge in [-0.2, -0.15) is 0 Å². The minimum atomic E-state index is -0.706. The summed E-state index contributed by atoms with van der Waals surface area (Å²) >= 11 is 0. The monoisotopic (exact) mass is 507 g/mol. The molecular formula is C20H34IN3O2S. The molecule has 1 aliphatic carbocycles. The average Bonchev–Trinajstić information content (AvgIpc) is 2.64. The zero-order valence-corrected chi connectivity index (χ0v) is 20.0. The second-order valence-corrected chi connectivity index (χ2v) is 9.04. The van der Waals surface area contributed by atoms with E-state index in [9.17, 15) is 4.21 Å². The van der Waals surface area contributed by atoms with Crippen LogP contribution in [0.3, 0.4) is 0 Å². The van der Waals surface area contributed by atoms with E-state index in [4.69, 9.17) is 4.74 Å². The van der Waals surface area contributed by atoms with E-state index < -0.39 is 10.8 Å². The van der Waals surface area contributed by atoms with Crippen LogP contribution in [-0.4, -0.2) is 40.4 Å². The van der Waals surface area contributed by atoms with Crippen LogP contribution in [0.25, 0.3) is 0 Å². The molecule has 0 spiro atoms. The second-order valence-electron chi connectivity index (χ2n) is 7.04. The van der Waals surface area contributed by atoms with E-state index in [0.29, 0.717) is 17.8 Å². The minimum absolute atomic E-state index is 0. The molecule has 7 heteroatoms. The number of rotatable bonds is 7. The Hall–Kier alpha value is -0.830. The average molecular weight is 507 g/mol. The normalized spacial score (nSPS) is 21.3. The number of halogens is 1. The molecule has 0 heterocycles. The highest BCUT2D eigenvalue weighted by Gasteiger charge is 2.25. The van der Waals surface area contributed by atoms with Crippen molar-refractivity contribution in [3.63, 3.8) is 0 Å². The van der Waals surface area contributed by atoms with Gasteiger partial charge in [0.05, 0.1) is 6.10 Å². The molecule has 1 aromatic carbocycles. The van der Waals surface area contributed by atoms with E-state index in [-0.39, 0.29) is 30.1 Å². The van der Waals surface area contributed by atoms with Gasteiger partial charge < -0.3 is 15.4 Å². The van der Waals surface area contributed by atoms with Crippen LogP contribution >= 0.6 is 24.0 Å². The maximum atomic E-state index is 12.1. The lowest BCUT2D eigenvalue weighted by atomic mass is 9.95. The Labute approximate surface area is 183 Å². The molecule has 0 radical (unpaired) electrons. The standard InChI is InChI=1S/C20H33N3O2S.HI/c1-5-26(24)19-11-7-9-17(13-19)23-20(21-4)22-14-16-8-6-10-18(12-16)25-15(2)3;/h6,8,10,12,15,17,19H,5,7,9,11,13-14H2,1-4H3,(H2,21,22,23);1H. The molecule has 1 saturated carbocycles. The Kier molecular flexibility index (Phi) is 11.3. The predicted molar refractivity (Wildman–Crippen MR) is 126 cm³/mol. The zero-order chi connectivity index (χ0) is 18.9. The molecule has 0 amide bonds. The summed E-state index contributed by atoms with van der Waals surface area (Å²) in [5, 5.41) is 7.20. The molecule has 0 aromatic heterocycles. The fourth-order valence-electron chi connectivity index (χ4n) is 3.33. The van der Waals surface area contributed by atoms with Gasteiger partial charge in [-0.25, -0.2) is 0 Å². The lowest BCUT2D eigenvalue weighted by Gasteiger charge is -2.30. The molecular weight excluding hydrogens is 473 g/mol. The van der Waals surface area contributed by atoms with E-state index in [1.54, 1.807) is 7.05 Å². The van der Waals surface area contributed by atoms with E-state index in [0.717, 1.165) is 48.7 Å². The van der Waals surface area contributed by atoms with Crippen molar-refractivity contribution < 1.29 is 8.95 Å². The lowest BCUT2D eigenvalue weighted by molar-refractivity contribution is 0.242. The number of nitrogens with zero attached hydrogens (tertiary/aromatic N) is 1. The molecule has 0 aliphatic heterocycles. The molecule has 0 bridgehead atoms. The largest absolute Gasteiger partial charge is 0.491 e. The van der Waals surface area contributed by atoms with Crippen molar-refractivity contribution in [1.29, 1.82) is 0 Å². The van der Waals surface area contributed by atoms with Crippen molar-refractivity contribution in [1.82, 2.24) is 10.6 Å². The van der Waals surface area contributed by atoms with Crippen LogP contribution in [0.1, 0.15) is 52.0 Å². The molecule has 1 fully saturated rings. The molecule has 1 aromatic rings. The first-order valence-electron chi connectivity index (χ1n) is 9.61. The highest BCUT2D eigenvalue weighted by molar-refractivity contribution is 14.0. The first-order valence-corrected chi connectivity index (χ1v) is 11.0. The summed E-state index contributed by atoms with van der Waals surface area (Å²) in [6.45, 7) is 6.75. The summed E-state index contributed by atoms with van der Waals surface area (Å²) < 4.78 is 17.9. The van der Waals surface area contributed by atoms with Crippen molar-refractivity contribution >= 4 is 40.7 Å². The SMILES string of the molecule is CCS(=O)C1CCCC(NC(=NC)NCc2cccc(OC(C)C)c2)C1.I. The Balaban J connectivity index is 0.00000364. The first kappa shape index (κ1) is 24.2. The number of ether oxygens (including phenoxy) is 1. The van der Waals surface area contributed by atoms with E-state index in [1.165, 1.54) is 0 Å².